The second kappa shape index (κ2) is 8.17. The maximum Gasteiger partial charge on any atom is 0.336 e. The second-order valence-electron chi connectivity index (χ2n) is 6.73. The first-order valence-electron chi connectivity index (χ1n) is 9.35. The molecule has 144 valence electrons. The molecule has 0 saturated carbocycles. The van der Waals surface area contributed by atoms with Gasteiger partial charge in [0.05, 0.1) is 6.54 Å². The molecule has 1 heterocycles. The van der Waals surface area contributed by atoms with E-state index in [1.807, 2.05) is 6.07 Å². The zero-order valence-electron chi connectivity index (χ0n) is 15.4. The molecule has 0 radical (unpaired) electrons. The van der Waals surface area contributed by atoms with Gasteiger partial charge in [-0.15, -0.1) is 0 Å². The first kappa shape index (κ1) is 18.1. The van der Waals surface area contributed by atoms with E-state index in [0.29, 0.717) is 24.5 Å². The van der Waals surface area contributed by atoms with Crippen LogP contribution in [0.2, 0.25) is 0 Å². The molecule has 0 atom stereocenters. The van der Waals surface area contributed by atoms with Crippen molar-refractivity contribution in [3.8, 4) is 11.5 Å². The third-order valence-corrected chi connectivity index (χ3v) is 4.73. The summed E-state index contributed by atoms with van der Waals surface area (Å²) in [5.74, 6) is 1.06. The standard InChI is InChI=1S/C22H21NO5/c24-21(14-27-19-8-5-16-6-9-22(25)28-20(16)13-19)23-10-11-26-18-7-4-15-2-1-3-17(15)12-18/h4-9,12-13H,1-3,10-11,14H2,(H,23,24). The molecule has 3 aromatic rings. The molecule has 2 aromatic carbocycles. The topological polar surface area (TPSA) is 77.8 Å². The van der Waals surface area contributed by atoms with Crippen LogP contribution in [0.4, 0.5) is 0 Å². The summed E-state index contributed by atoms with van der Waals surface area (Å²) in [6.45, 7) is 0.666. The Kier molecular flexibility index (Phi) is 5.28. The fourth-order valence-electron chi connectivity index (χ4n) is 3.33. The molecule has 0 aliphatic heterocycles. The molecule has 0 spiro atoms. The lowest BCUT2D eigenvalue weighted by molar-refractivity contribution is -0.123. The molecule has 0 fully saturated rings. The van der Waals surface area contributed by atoms with Crippen molar-refractivity contribution in [2.24, 2.45) is 0 Å². The Morgan fingerprint density at radius 3 is 2.68 bits per heavy atom. The molecular weight excluding hydrogens is 358 g/mol. The van der Waals surface area contributed by atoms with Gasteiger partial charge in [0.15, 0.2) is 6.61 Å². The highest BCUT2D eigenvalue weighted by atomic mass is 16.5. The third kappa shape index (κ3) is 4.34. The van der Waals surface area contributed by atoms with E-state index in [4.69, 9.17) is 13.9 Å². The van der Waals surface area contributed by atoms with Crippen molar-refractivity contribution in [2.45, 2.75) is 19.3 Å². The summed E-state index contributed by atoms with van der Waals surface area (Å²) in [5.41, 5.74) is 2.77. The fourth-order valence-corrected chi connectivity index (χ4v) is 3.33. The highest BCUT2D eigenvalue weighted by molar-refractivity contribution is 5.79. The van der Waals surface area contributed by atoms with Gasteiger partial charge < -0.3 is 19.2 Å². The van der Waals surface area contributed by atoms with E-state index in [-0.39, 0.29) is 12.5 Å². The number of hydrogen-bond acceptors (Lipinski definition) is 5. The summed E-state index contributed by atoms with van der Waals surface area (Å²) in [4.78, 5) is 23.2. The van der Waals surface area contributed by atoms with Crippen LogP contribution in [0.25, 0.3) is 11.0 Å². The number of hydrogen-bond donors (Lipinski definition) is 1. The lowest BCUT2D eigenvalue weighted by atomic mass is 10.1. The minimum Gasteiger partial charge on any atom is -0.492 e. The van der Waals surface area contributed by atoms with Crippen LogP contribution in [0.3, 0.4) is 0 Å². The van der Waals surface area contributed by atoms with Crippen LogP contribution in [-0.2, 0) is 17.6 Å². The van der Waals surface area contributed by atoms with Crippen molar-refractivity contribution < 1.29 is 18.7 Å². The van der Waals surface area contributed by atoms with Gasteiger partial charge in [0, 0.05) is 17.5 Å². The number of carbonyl (C=O) groups is 1. The van der Waals surface area contributed by atoms with Gasteiger partial charge in [0.25, 0.3) is 5.91 Å². The molecule has 0 saturated heterocycles. The van der Waals surface area contributed by atoms with Gasteiger partial charge in [-0.05, 0) is 60.7 Å². The smallest absolute Gasteiger partial charge is 0.336 e. The molecule has 1 amide bonds. The molecule has 1 aromatic heterocycles. The minimum absolute atomic E-state index is 0.124. The van der Waals surface area contributed by atoms with Crippen molar-refractivity contribution in [2.75, 3.05) is 19.8 Å². The summed E-state index contributed by atoms with van der Waals surface area (Å²) in [5, 5.41) is 3.55. The molecule has 1 aliphatic rings. The molecule has 1 N–H and O–H groups in total. The number of benzene rings is 2. The molecule has 28 heavy (non-hydrogen) atoms. The second-order valence-corrected chi connectivity index (χ2v) is 6.73. The Hall–Kier alpha value is -3.28. The Morgan fingerprint density at radius 1 is 0.964 bits per heavy atom. The average molecular weight is 379 g/mol. The number of carbonyl (C=O) groups excluding carboxylic acids is 1. The normalized spacial score (nSPS) is 12.6. The van der Waals surface area contributed by atoms with Crippen molar-refractivity contribution in [1.82, 2.24) is 5.32 Å². The number of fused-ring (bicyclic) bond motifs is 2. The van der Waals surface area contributed by atoms with Crippen LogP contribution in [0.5, 0.6) is 11.5 Å². The predicted octanol–water partition coefficient (Wildman–Crippen LogP) is 2.86. The summed E-state index contributed by atoms with van der Waals surface area (Å²) in [7, 11) is 0. The molecule has 6 nitrogen and oxygen atoms in total. The summed E-state index contributed by atoms with van der Waals surface area (Å²) in [6.07, 6.45) is 3.46. The van der Waals surface area contributed by atoms with E-state index in [2.05, 4.69) is 17.4 Å². The Labute approximate surface area is 162 Å². The maximum absolute atomic E-state index is 11.9. The van der Waals surface area contributed by atoms with Crippen LogP contribution in [0, 0.1) is 0 Å². The van der Waals surface area contributed by atoms with Crippen LogP contribution in [0.1, 0.15) is 17.5 Å². The van der Waals surface area contributed by atoms with Gasteiger partial charge in [-0.2, -0.15) is 0 Å². The predicted molar refractivity (Wildman–Crippen MR) is 105 cm³/mol. The molecule has 0 unspecified atom stereocenters. The SMILES string of the molecule is O=C(COc1ccc2ccc(=O)oc2c1)NCCOc1ccc2c(c1)CCC2. The lowest BCUT2D eigenvalue weighted by Gasteiger charge is -2.10. The molecular formula is C22H21NO5. The fraction of sp³-hybridized carbons (Fsp3) is 0.273. The zero-order valence-corrected chi connectivity index (χ0v) is 15.4. The largest absolute Gasteiger partial charge is 0.492 e. The van der Waals surface area contributed by atoms with Gasteiger partial charge >= 0.3 is 5.63 Å². The highest BCUT2D eigenvalue weighted by Gasteiger charge is 2.11. The van der Waals surface area contributed by atoms with Crippen LogP contribution >= 0.6 is 0 Å². The zero-order chi connectivity index (χ0) is 19.3. The quantitative estimate of drug-likeness (QED) is 0.505. The number of rotatable bonds is 7. The van der Waals surface area contributed by atoms with Gasteiger partial charge in [-0.1, -0.05) is 6.07 Å². The van der Waals surface area contributed by atoms with Gasteiger partial charge in [-0.3, -0.25) is 4.79 Å². The van der Waals surface area contributed by atoms with Crippen LogP contribution in [-0.4, -0.2) is 25.7 Å². The molecule has 1 aliphatic carbocycles. The van der Waals surface area contributed by atoms with Crippen molar-refractivity contribution in [3.63, 3.8) is 0 Å². The van der Waals surface area contributed by atoms with Gasteiger partial charge in [0.2, 0.25) is 0 Å². The van der Waals surface area contributed by atoms with Crippen LogP contribution < -0.4 is 20.4 Å². The number of nitrogens with one attached hydrogen (secondary N) is 1. The van der Waals surface area contributed by atoms with Crippen molar-refractivity contribution in [3.05, 3.63) is 70.1 Å². The van der Waals surface area contributed by atoms with E-state index in [0.717, 1.165) is 24.0 Å². The Bertz CT molecular complexity index is 1060. The Morgan fingerprint density at radius 2 is 1.75 bits per heavy atom. The summed E-state index contributed by atoms with van der Waals surface area (Å²) >= 11 is 0. The first-order valence-corrected chi connectivity index (χ1v) is 9.35. The molecule has 0 bridgehead atoms. The lowest BCUT2D eigenvalue weighted by Crippen LogP contribution is -2.32. The monoisotopic (exact) mass is 379 g/mol. The van der Waals surface area contributed by atoms with E-state index in [1.54, 1.807) is 24.3 Å². The Balaban J connectivity index is 1.21. The number of aryl methyl sites for hydroxylation is 2. The van der Waals surface area contributed by atoms with Gasteiger partial charge in [0.1, 0.15) is 23.7 Å². The van der Waals surface area contributed by atoms with Gasteiger partial charge in [-0.25, -0.2) is 4.79 Å². The summed E-state index contributed by atoms with van der Waals surface area (Å²) in [6, 6.07) is 14.3. The highest BCUT2D eigenvalue weighted by Crippen LogP contribution is 2.25. The first-order chi connectivity index (χ1) is 13.7. The molecule has 4 rings (SSSR count). The minimum atomic E-state index is -0.425. The van der Waals surface area contributed by atoms with E-state index >= 15 is 0 Å². The van der Waals surface area contributed by atoms with E-state index < -0.39 is 5.63 Å². The maximum atomic E-state index is 11.9. The summed E-state index contributed by atoms with van der Waals surface area (Å²) < 4.78 is 16.3. The average Bonchev–Trinajstić information content (AvgIpc) is 3.17. The number of ether oxygens (including phenoxy) is 2. The van der Waals surface area contributed by atoms with Crippen molar-refractivity contribution >= 4 is 16.9 Å². The molecule has 6 heteroatoms. The van der Waals surface area contributed by atoms with E-state index in [1.165, 1.54) is 23.6 Å². The van der Waals surface area contributed by atoms with Crippen molar-refractivity contribution in [1.29, 1.82) is 0 Å². The van der Waals surface area contributed by atoms with Crippen LogP contribution in [0.15, 0.2) is 57.7 Å². The van der Waals surface area contributed by atoms with E-state index in [9.17, 15) is 9.59 Å². The number of amides is 1. The third-order valence-electron chi connectivity index (χ3n) is 4.73.